The summed E-state index contributed by atoms with van der Waals surface area (Å²) in [6, 6.07) is 13.1. The molecule has 0 saturated carbocycles. The van der Waals surface area contributed by atoms with Gasteiger partial charge in [-0.1, -0.05) is 18.2 Å². The van der Waals surface area contributed by atoms with Crippen molar-refractivity contribution >= 4 is 34.2 Å². The van der Waals surface area contributed by atoms with Gasteiger partial charge in [0.05, 0.1) is 0 Å². The lowest BCUT2D eigenvalue weighted by Gasteiger charge is -2.26. The standard InChI is InChI=1S/C34H38N8O2/c1-22-16-23(7-8-26(22)29-18-28(29)25-10-14-41-30(17-25)36-20-38-41)19-35-32-31-27(11-15-42(31)39-21-37-32)24-6-5-12-40(13-9-24)33(43)44-34(2,3)4/h7-8,10-11,14-17,20-21,24H,5-6,9,12-13,18-19H2,1-4H3,(H,35,37,39). The minimum Gasteiger partial charge on any atom is -0.444 e. The van der Waals surface area contributed by atoms with Gasteiger partial charge in [-0.3, -0.25) is 0 Å². The van der Waals surface area contributed by atoms with Gasteiger partial charge < -0.3 is 15.0 Å². The van der Waals surface area contributed by atoms with Crippen molar-refractivity contribution in [1.82, 2.24) is 34.1 Å². The van der Waals surface area contributed by atoms with Crippen molar-refractivity contribution in [3.8, 4) is 0 Å². The smallest absolute Gasteiger partial charge is 0.410 e. The minimum absolute atomic E-state index is 0.227. The number of amides is 1. The maximum absolute atomic E-state index is 12.7. The van der Waals surface area contributed by atoms with Gasteiger partial charge in [0.1, 0.15) is 23.8 Å². The van der Waals surface area contributed by atoms with Crippen molar-refractivity contribution < 1.29 is 9.53 Å². The molecule has 5 aromatic rings. The summed E-state index contributed by atoms with van der Waals surface area (Å²) in [5, 5.41) is 12.3. The van der Waals surface area contributed by atoms with Crippen LogP contribution in [0.3, 0.4) is 0 Å². The van der Waals surface area contributed by atoms with Crippen molar-refractivity contribution in [2.75, 3.05) is 18.4 Å². The second-order valence-electron chi connectivity index (χ2n) is 12.9. The molecule has 7 rings (SSSR count). The van der Waals surface area contributed by atoms with E-state index in [1.165, 1.54) is 39.0 Å². The Morgan fingerprint density at radius 1 is 0.977 bits per heavy atom. The van der Waals surface area contributed by atoms with E-state index in [1.54, 1.807) is 17.2 Å². The molecule has 1 fully saturated rings. The van der Waals surface area contributed by atoms with E-state index in [0.717, 1.165) is 42.7 Å². The first-order valence-electron chi connectivity index (χ1n) is 15.4. The molecule has 44 heavy (non-hydrogen) atoms. The molecule has 226 valence electrons. The number of benzene rings is 1. The van der Waals surface area contributed by atoms with Crippen LogP contribution in [0.5, 0.6) is 0 Å². The van der Waals surface area contributed by atoms with Crippen molar-refractivity contribution in [1.29, 1.82) is 0 Å². The number of ether oxygens (including phenoxy) is 1. The molecule has 0 radical (unpaired) electrons. The van der Waals surface area contributed by atoms with Gasteiger partial charge in [0.2, 0.25) is 0 Å². The van der Waals surface area contributed by atoms with E-state index >= 15 is 0 Å². The number of anilines is 1. The molecule has 1 aromatic carbocycles. The highest BCUT2D eigenvalue weighted by atomic mass is 16.6. The predicted octanol–water partition coefficient (Wildman–Crippen LogP) is 6.51. The van der Waals surface area contributed by atoms with Gasteiger partial charge in [0.25, 0.3) is 0 Å². The zero-order chi connectivity index (χ0) is 30.4. The fourth-order valence-electron chi connectivity index (χ4n) is 6.38. The summed E-state index contributed by atoms with van der Waals surface area (Å²) in [6.45, 7) is 9.96. The average molecular weight is 591 g/mol. The van der Waals surface area contributed by atoms with Gasteiger partial charge >= 0.3 is 6.09 Å². The second kappa shape index (κ2) is 11.1. The topological polar surface area (TPSA) is 102 Å². The molecule has 10 heteroatoms. The Kier molecular flexibility index (Phi) is 7.07. The van der Waals surface area contributed by atoms with E-state index in [-0.39, 0.29) is 6.09 Å². The van der Waals surface area contributed by atoms with E-state index in [4.69, 9.17) is 4.74 Å². The predicted molar refractivity (Wildman–Crippen MR) is 170 cm³/mol. The number of aryl methyl sites for hydroxylation is 1. The molecule has 2 aliphatic rings. The molecule has 1 aliphatic heterocycles. The lowest BCUT2D eigenvalue weighted by molar-refractivity contribution is 0.0256. The maximum Gasteiger partial charge on any atom is 0.410 e. The van der Waals surface area contributed by atoms with E-state index in [0.29, 0.717) is 25.6 Å². The molecule has 0 spiro atoms. The Morgan fingerprint density at radius 3 is 2.64 bits per heavy atom. The number of rotatable bonds is 6. The molecule has 1 amide bonds. The number of carbonyl (C=O) groups excluding carboxylic acids is 1. The number of fused-ring (bicyclic) bond motifs is 2. The Morgan fingerprint density at radius 2 is 1.80 bits per heavy atom. The van der Waals surface area contributed by atoms with Crippen LogP contribution < -0.4 is 5.32 Å². The summed E-state index contributed by atoms with van der Waals surface area (Å²) in [5.74, 6) is 1.14. The van der Waals surface area contributed by atoms with Crippen LogP contribution in [0.25, 0.3) is 22.3 Å². The zero-order valence-corrected chi connectivity index (χ0v) is 25.7. The highest BCUT2D eigenvalue weighted by molar-refractivity contribution is 6.08. The molecule has 1 N–H and O–H groups in total. The fraction of sp³-hybridized carbons (Fsp3) is 0.382. The van der Waals surface area contributed by atoms with Crippen LogP contribution in [-0.2, 0) is 11.3 Å². The molecular formula is C34H38N8O2. The van der Waals surface area contributed by atoms with Crippen molar-refractivity contribution in [2.45, 2.75) is 71.4 Å². The lowest BCUT2D eigenvalue weighted by atomic mass is 9.93. The van der Waals surface area contributed by atoms with Crippen molar-refractivity contribution in [3.05, 3.63) is 89.3 Å². The summed E-state index contributed by atoms with van der Waals surface area (Å²) in [5.41, 5.74) is 10.4. The number of nitrogens with one attached hydrogen (secondary N) is 1. The summed E-state index contributed by atoms with van der Waals surface area (Å²) >= 11 is 0. The number of hydrogen-bond donors (Lipinski definition) is 1. The van der Waals surface area contributed by atoms with E-state index in [2.05, 4.69) is 68.8 Å². The quantitative estimate of drug-likeness (QED) is 0.240. The Labute approximate surface area is 256 Å². The molecule has 1 saturated heterocycles. The number of carbonyl (C=O) groups is 1. The number of likely N-dealkylation sites (tertiary alicyclic amines) is 1. The number of pyridine rings is 1. The van der Waals surface area contributed by atoms with Crippen LogP contribution in [-0.4, -0.2) is 58.9 Å². The number of allylic oxidation sites excluding steroid dienone is 2. The summed E-state index contributed by atoms with van der Waals surface area (Å²) in [7, 11) is 0. The van der Waals surface area contributed by atoms with Crippen LogP contribution in [0.4, 0.5) is 10.6 Å². The molecule has 10 nitrogen and oxygen atoms in total. The third-order valence-electron chi connectivity index (χ3n) is 8.60. The molecule has 5 heterocycles. The van der Waals surface area contributed by atoms with Crippen LogP contribution in [0.2, 0.25) is 0 Å². The maximum atomic E-state index is 12.7. The van der Waals surface area contributed by atoms with Gasteiger partial charge in [-0.05, 0) is 116 Å². The Bertz CT molecular complexity index is 1900. The number of aromatic nitrogens is 6. The summed E-state index contributed by atoms with van der Waals surface area (Å²) in [4.78, 5) is 23.5. The van der Waals surface area contributed by atoms with Gasteiger partial charge in [0, 0.05) is 32.0 Å². The average Bonchev–Trinajstić information content (AvgIpc) is 3.53. The van der Waals surface area contributed by atoms with Gasteiger partial charge in [-0.25, -0.2) is 23.8 Å². The SMILES string of the molecule is Cc1cc(CNc2ncnn3ccc(C4CCCN(C(=O)OC(C)(C)C)CC4)c23)ccc1C1=C(c2ccn3ncnc3c2)C1. The highest BCUT2D eigenvalue weighted by Gasteiger charge is 2.28. The minimum atomic E-state index is -0.495. The number of hydrogen-bond acceptors (Lipinski definition) is 7. The Hall–Kier alpha value is -4.73. The number of nitrogens with zero attached hydrogens (tertiary/aromatic N) is 7. The zero-order valence-electron chi connectivity index (χ0n) is 25.7. The van der Waals surface area contributed by atoms with E-state index < -0.39 is 5.60 Å². The van der Waals surface area contributed by atoms with Crippen LogP contribution in [0.15, 0.2) is 61.4 Å². The lowest BCUT2D eigenvalue weighted by Crippen LogP contribution is -2.37. The molecular weight excluding hydrogens is 552 g/mol. The molecule has 1 unspecified atom stereocenters. The largest absolute Gasteiger partial charge is 0.444 e. The third-order valence-corrected chi connectivity index (χ3v) is 8.60. The van der Waals surface area contributed by atoms with E-state index in [9.17, 15) is 4.79 Å². The first kappa shape index (κ1) is 28.1. The highest BCUT2D eigenvalue weighted by Crippen LogP contribution is 2.48. The first-order valence-corrected chi connectivity index (χ1v) is 15.4. The van der Waals surface area contributed by atoms with Gasteiger partial charge in [-0.2, -0.15) is 10.2 Å². The van der Waals surface area contributed by atoms with Crippen molar-refractivity contribution in [3.63, 3.8) is 0 Å². The van der Waals surface area contributed by atoms with Crippen LogP contribution in [0.1, 0.15) is 80.2 Å². The molecule has 1 atom stereocenters. The second-order valence-corrected chi connectivity index (χ2v) is 12.9. The summed E-state index contributed by atoms with van der Waals surface area (Å²) < 4.78 is 9.34. The van der Waals surface area contributed by atoms with Gasteiger partial charge in [0.15, 0.2) is 11.5 Å². The van der Waals surface area contributed by atoms with Gasteiger partial charge in [-0.15, -0.1) is 0 Å². The molecule has 0 bridgehead atoms. The van der Waals surface area contributed by atoms with Crippen LogP contribution >= 0.6 is 0 Å². The summed E-state index contributed by atoms with van der Waals surface area (Å²) in [6.07, 6.45) is 10.7. The Balaban J connectivity index is 1.05. The van der Waals surface area contributed by atoms with Crippen molar-refractivity contribution in [2.24, 2.45) is 0 Å². The molecule has 1 aliphatic carbocycles. The van der Waals surface area contributed by atoms with Crippen LogP contribution in [0, 0.1) is 6.92 Å². The first-order chi connectivity index (χ1) is 21.2. The molecule has 4 aromatic heterocycles. The normalized spacial score (nSPS) is 17.3. The monoisotopic (exact) mass is 590 g/mol. The third kappa shape index (κ3) is 5.64. The van der Waals surface area contributed by atoms with E-state index in [1.807, 2.05) is 42.6 Å². The fourth-order valence-corrected chi connectivity index (χ4v) is 6.38.